The van der Waals surface area contributed by atoms with Crippen LogP contribution in [0.1, 0.15) is 27.9 Å². The maximum absolute atomic E-state index is 4.25. The Morgan fingerprint density at radius 1 is 1.39 bits per heavy atom. The molecule has 1 aliphatic rings. The number of halogens is 1. The lowest BCUT2D eigenvalue weighted by atomic mass is 9.81. The summed E-state index contributed by atoms with van der Waals surface area (Å²) >= 11 is 3.89. The summed E-state index contributed by atoms with van der Waals surface area (Å²) < 4.78 is 1.88. The average Bonchev–Trinajstić information content (AvgIpc) is 2.79. The number of hydrogen-bond donors (Lipinski definition) is 0. The maximum Gasteiger partial charge on any atom is 0.0521 e. The van der Waals surface area contributed by atoms with Gasteiger partial charge in [-0.1, -0.05) is 40.2 Å². The standard InChI is InChI=1S/C15H17BrN2/c1-18-10-11(9-17-18)8-13-7-6-12-4-2-3-5-14(12)15(13)16/h2-5,9-10,13,15H,6-8H2,1H3. The lowest BCUT2D eigenvalue weighted by molar-refractivity contribution is 0.452. The van der Waals surface area contributed by atoms with Gasteiger partial charge in [-0.2, -0.15) is 5.10 Å². The predicted molar refractivity (Wildman–Crippen MR) is 76.8 cm³/mol. The van der Waals surface area contributed by atoms with E-state index in [0.717, 1.165) is 6.42 Å². The first-order valence-electron chi connectivity index (χ1n) is 6.43. The molecule has 2 aromatic rings. The lowest BCUT2D eigenvalue weighted by Crippen LogP contribution is -2.18. The maximum atomic E-state index is 4.25. The molecule has 1 heterocycles. The normalized spacial score (nSPS) is 22.8. The molecule has 1 aliphatic carbocycles. The van der Waals surface area contributed by atoms with E-state index < -0.39 is 0 Å². The molecule has 0 saturated heterocycles. The monoisotopic (exact) mass is 304 g/mol. The number of aryl methyl sites for hydroxylation is 2. The predicted octanol–water partition coefficient (Wildman–Crippen LogP) is 3.66. The molecule has 0 fully saturated rings. The van der Waals surface area contributed by atoms with Crippen LogP contribution in [0, 0.1) is 5.92 Å². The number of rotatable bonds is 2. The fourth-order valence-electron chi connectivity index (χ4n) is 2.86. The average molecular weight is 305 g/mol. The van der Waals surface area contributed by atoms with Gasteiger partial charge in [0.25, 0.3) is 0 Å². The van der Waals surface area contributed by atoms with Crippen LogP contribution < -0.4 is 0 Å². The van der Waals surface area contributed by atoms with Crippen LogP contribution >= 0.6 is 15.9 Å². The first-order valence-corrected chi connectivity index (χ1v) is 7.35. The van der Waals surface area contributed by atoms with Gasteiger partial charge >= 0.3 is 0 Å². The van der Waals surface area contributed by atoms with Gasteiger partial charge in [0.15, 0.2) is 0 Å². The van der Waals surface area contributed by atoms with Crippen LogP contribution in [0.3, 0.4) is 0 Å². The van der Waals surface area contributed by atoms with E-state index in [-0.39, 0.29) is 0 Å². The lowest BCUT2D eigenvalue weighted by Gasteiger charge is -2.29. The Morgan fingerprint density at radius 3 is 3.00 bits per heavy atom. The van der Waals surface area contributed by atoms with Crippen LogP contribution in [0.2, 0.25) is 0 Å². The first-order chi connectivity index (χ1) is 8.74. The molecular formula is C15H17BrN2. The second-order valence-corrected chi connectivity index (χ2v) is 6.11. The minimum Gasteiger partial charge on any atom is -0.276 e. The summed E-state index contributed by atoms with van der Waals surface area (Å²) in [5.41, 5.74) is 4.31. The Kier molecular flexibility index (Phi) is 3.25. The Balaban J connectivity index is 1.80. The van der Waals surface area contributed by atoms with E-state index in [1.807, 2.05) is 17.9 Å². The molecule has 1 aromatic carbocycles. The molecule has 0 bridgehead atoms. The van der Waals surface area contributed by atoms with E-state index in [0.29, 0.717) is 10.7 Å². The van der Waals surface area contributed by atoms with Crippen LogP contribution in [0.25, 0.3) is 0 Å². The Morgan fingerprint density at radius 2 is 2.22 bits per heavy atom. The Labute approximate surface area is 116 Å². The molecular weight excluding hydrogens is 288 g/mol. The van der Waals surface area contributed by atoms with E-state index in [4.69, 9.17) is 0 Å². The molecule has 18 heavy (non-hydrogen) atoms. The molecule has 3 rings (SSSR count). The topological polar surface area (TPSA) is 17.8 Å². The van der Waals surface area contributed by atoms with Crippen molar-refractivity contribution < 1.29 is 0 Å². The fourth-order valence-corrected chi connectivity index (χ4v) is 3.76. The quantitative estimate of drug-likeness (QED) is 0.774. The van der Waals surface area contributed by atoms with Crippen LogP contribution in [0.4, 0.5) is 0 Å². The van der Waals surface area contributed by atoms with Crippen molar-refractivity contribution in [2.75, 3.05) is 0 Å². The number of fused-ring (bicyclic) bond motifs is 1. The highest BCUT2D eigenvalue weighted by molar-refractivity contribution is 9.09. The van der Waals surface area contributed by atoms with Crippen molar-refractivity contribution in [3.63, 3.8) is 0 Å². The van der Waals surface area contributed by atoms with Crippen LogP contribution in [0.5, 0.6) is 0 Å². The zero-order chi connectivity index (χ0) is 12.5. The molecule has 2 nitrogen and oxygen atoms in total. The number of aromatic nitrogens is 2. The summed E-state index contributed by atoms with van der Waals surface area (Å²) in [7, 11) is 1.98. The summed E-state index contributed by atoms with van der Waals surface area (Å²) in [6.45, 7) is 0. The second-order valence-electron chi connectivity index (χ2n) is 5.13. The number of benzene rings is 1. The van der Waals surface area contributed by atoms with Gasteiger partial charge in [-0.3, -0.25) is 4.68 Å². The van der Waals surface area contributed by atoms with Crippen LogP contribution in [-0.2, 0) is 19.9 Å². The highest BCUT2D eigenvalue weighted by Crippen LogP contribution is 2.41. The van der Waals surface area contributed by atoms with Gasteiger partial charge in [-0.25, -0.2) is 0 Å². The third-order valence-electron chi connectivity index (χ3n) is 3.81. The highest BCUT2D eigenvalue weighted by Gasteiger charge is 2.27. The minimum atomic E-state index is 0.475. The smallest absolute Gasteiger partial charge is 0.0521 e. The zero-order valence-electron chi connectivity index (χ0n) is 10.5. The molecule has 0 amide bonds. The van der Waals surface area contributed by atoms with E-state index >= 15 is 0 Å². The molecule has 2 atom stereocenters. The molecule has 3 heteroatoms. The summed E-state index contributed by atoms with van der Waals surface area (Å²) in [6, 6.07) is 8.79. The molecule has 0 N–H and O–H groups in total. The third-order valence-corrected chi connectivity index (χ3v) is 5.05. The SMILES string of the molecule is Cn1cc(CC2CCc3ccccc3C2Br)cn1. The molecule has 0 saturated carbocycles. The van der Waals surface area contributed by atoms with Crippen molar-refractivity contribution in [2.45, 2.75) is 24.1 Å². The highest BCUT2D eigenvalue weighted by atomic mass is 79.9. The molecule has 2 unspecified atom stereocenters. The van der Waals surface area contributed by atoms with Crippen molar-refractivity contribution in [1.29, 1.82) is 0 Å². The summed E-state index contributed by atoms with van der Waals surface area (Å²) in [4.78, 5) is 0.475. The summed E-state index contributed by atoms with van der Waals surface area (Å²) in [5, 5.41) is 4.25. The van der Waals surface area contributed by atoms with Crippen molar-refractivity contribution in [1.82, 2.24) is 9.78 Å². The first kappa shape index (κ1) is 12.0. The van der Waals surface area contributed by atoms with Crippen molar-refractivity contribution in [3.8, 4) is 0 Å². The molecule has 1 aromatic heterocycles. The summed E-state index contributed by atoms with van der Waals surface area (Å²) in [6.07, 6.45) is 7.67. The van der Waals surface area contributed by atoms with Gasteiger partial charge < -0.3 is 0 Å². The van der Waals surface area contributed by atoms with Crippen molar-refractivity contribution in [3.05, 3.63) is 53.3 Å². The molecule has 0 radical (unpaired) electrons. The Hall–Kier alpha value is -1.09. The van der Waals surface area contributed by atoms with E-state index in [9.17, 15) is 0 Å². The Bertz CT molecular complexity index is 547. The van der Waals surface area contributed by atoms with Gasteiger partial charge in [-0.05, 0) is 41.9 Å². The number of nitrogens with zero attached hydrogens (tertiary/aromatic N) is 2. The van der Waals surface area contributed by atoms with E-state index in [1.54, 1.807) is 0 Å². The van der Waals surface area contributed by atoms with Gasteiger partial charge in [0.2, 0.25) is 0 Å². The molecule has 0 spiro atoms. The van der Waals surface area contributed by atoms with E-state index in [2.05, 4.69) is 51.5 Å². The van der Waals surface area contributed by atoms with Crippen LogP contribution in [0.15, 0.2) is 36.7 Å². The molecule has 0 aliphatic heterocycles. The summed E-state index contributed by atoms with van der Waals surface area (Å²) in [5.74, 6) is 0.670. The van der Waals surface area contributed by atoms with E-state index in [1.165, 1.54) is 29.5 Å². The van der Waals surface area contributed by atoms with Gasteiger partial charge in [-0.15, -0.1) is 0 Å². The van der Waals surface area contributed by atoms with Crippen molar-refractivity contribution >= 4 is 15.9 Å². The number of alkyl halides is 1. The zero-order valence-corrected chi connectivity index (χ0v) is 12.1. The van der Waals surface area contributed by atoms with Gasteiger partial charge in [0.1, 0.15) is 0 Å². The molecule has 94 valence electrons. The number of hydrogen-bond acceptors (Lipinski definition) is 1. The van der Waals surface area contributed by atoms with Gasteiger partial charge in [0, 0.05) is 18.1 Å². The largest absolute Gasteiger partial charge is 0.276 e. The van der Waals surface area contributed by atoms with Crippen LogP contribution in [-0.4, -0.2) is 9.78 Å². The van der Waals surface area contributed by atoms with Crippen molar-refractivity contribution in [2.24, 2.45) is 13.0 Å². The minimum absolute atomic E-state index is 0.475. The third kappa shape index (κ3) is 2.24. The second kappa shape index (κ2) is 4.88. The fraction of sp³-hybridized carbons (Fsp3) is 0.400. The van der Waals surface area contributed by atoms with Gasteiger partial charge in [0.05, 0.1) is 6.20 Å².